The van der Waals surface area contributed by atoms with Gasteiger partial charge in [0.25, 0.3) is 5.91 Å². The average molecular weight is 560 g/mol. The summed E-state index contributed by atoms with van der Waals surface area (Å²) in [4.78, 5) is 12.4. The molecule has 0 saturated heterocycles. The van der Waals surface area contributed by atoms with Crippen LogP contribution in [0.2, 0.25) is 4.34 Å². The van der Waals surface area contributed by atoms with Crippen molar-refractivity contribution in [3.63, 3.8) is 0 Å². The summed E-state index contributed by atoms with van der Waals surface area (Å²) in [5, 5.41) is 8.90. The number of rotatable bonds is 6. The Morgan fingerprint density at radius 1 is 1.36 bits per heavy atom. The number of carbonyl (C=O) groups is 1. The van der Waals surface area contributed by atoms with E-state index in [-0.39, 0.29) is 12.1 Å². The first-order valence-electron chi connectivity index (χ1n) is 7.60. The molecule has 1 unspecified atom stereocenters. The highest BCUT2D eigenvalue weighted by Gasteiger charge is 2.32. The van der Waals surface area contributed by atoms with Crippen molar-refractivity contribution in [1.82, 2.24) is 14.9 Å². The molecule has 148 valence electrons. The van der Waals surface area contributed by atoms with Gasteiger partial charge in [-0.1, -0.05) is 23.7 Å². The van der Waals surface area contributed by atoms with Crippen molar-refractivity contribution in [2.45, 2.75) is 12.9 Å². The van der Waals surface area contributed by atoms with Gasteiger partial charge in [-0.25, -0.2) is 4.45 Å². The van der Waals surface area contributed by atoms with Gasteiger partial charge in [-0.15, -0.1) is 24.5 Å². The summed E-state index contributed by atoms with van der Waals surface area (Å²) in [5.74, 6) is -1.24. The monoisotopic (exact) mass is 559 g/mol. The average Bonchev–Trinajstić information content (AvgIpc) is 3.24. The Labute approximate surface area is 181 Å². The van der Waals surface area contributed by atoms with Crippen LogP contribution in [-0.4, -0.2) is 21.8 Å². The van der Waals surface area contributed by atoms with Crippen LogP contribution in [0.5, 0.6) is 5.75 Å². The molecule has 3 aromatic rings. The molecule has 1 atom stereocenters. The zero-order chi connectivity index (χ0) is 20.3. The van der Waals surface area contributed by atoms with Crippen LogP contribution in [0, 0.1) is 0 Å². The van der Waals surface area contributed by atoms with E-state index in [9.17, 15) is 18.0 Å². The molecule has 0 aliphatic heterocycles. The van der Waals surface area contributed by atoms with Crippen LogP contribution in [0.15, 0.2) is 41.8 Å². The Balaban J connectivity index is 1.75. The number of hydrogen-bond donors (Lipinski definition) is 1. The zero-order valence-corrected chi connectivity index (χ0v) is 18.5. The molecule has 0 fully saturated rings. The Morgan fingerprint density at radius 2 is 2.11 bits per heavy atom. The second-order valence-electron chi connectivity index (χ2n) is 5.38. The standard InChI is InChI=1S/C16H11ClF3IN3O2PS/c17-14-5-9(8-28-14)12-6-10(23-24(12)27-21)7-22-15(25)11-3-1-2-4-13(11)26-16(18,19)20/h1-6,8,27H,7H2,(H,22,25). The zero-order valence-electron chi connectivity index (χ0n) is 13.8. The minimum atomic E-state index is -4.88. The van der Waals surface area contributed by atoms with Gasteiger partial charge in [0.05, 0.1) is 34.2 Å². The Bertz CT molecular complexity index is 996. The summed E-state index contributed by atoms with van der Waals surface area (Å²) in [7, 11) is 0. The molecular weight excluding hydrogens is 549 g/mol. The molecule has 1 amide bonds. The molecule has 2 aromatic heterocycles. The van der Waals surface area contributed by atoms with Crippen LogP contribution in [-0.2, 0) is 6.54 Å². The fourth-order valence-corrected chi connectivity index (χ4v) is 4.79. The number of thiophene rings is 1. The van der Waals surface area contributed by atoms with E-state index in [0.717, 1.165) is 17.3 Å². The van der Waals surface area contributed by atoms with Crippen molar-refractivity contribution >= 4 is 57.3 Å². The van der Waals surface area contributed by atoms with E-state index in [4.69, 9.17) is 11.6 Å². The molecule has 0 aliphatic carbocycles. The molecule has 5 nitrogen and oxygen atoms in total. The highest BCUT2D eigenvalue weighted by Crippen LogP contribution is 2.35. The molecule has 2 heterocycles. The van der Waals surface area contributed by atoms with E-state index in [1.165, 1.54) is 29.5 Å². The highest BCUT2D eigenvalue weighted by molar-refractivity contribution is 14.2. The largest absolute Gasteiger partial charge is 0.573 e. The Kier molecular flexibility index (Phi) is 6.85. The summed E-state index contributed by atoms with van der Waals surface area (Å²) in [6, 6.07) is 8.81. The molecule has 1 aromatic carbocycles. The lowest BCUT2D eigenvalue weighted by atomic mass is 10.2. The SMILES string of the molecule is O=C(NCc1cc(-c2csc(Cl)c2)n(PI)n1)c1ccccc1OC(F)(F)F. The quantitative estimate of drug-likeness (QED) is 0.303. The number of benzene rings is 1. The minimum absolute atomic E-state index is 0.0537. The molecule has 0 bridgehead atoms. The highest BCUT2D eigenvalue weighted by atomic mass is 127. The maximum absolute atomic E-state index is 12.5. The van der Waals surface area contributed by atoms with Gasteiger partial charge >= 0.3 is 6.36 Å². The molecular formula is C16H11ClF3IN3O2PS. The summed E-state index contributed by atoms with van der Waals surface area (Å²) in [6.07, 6.45) is -4.55. The lowest BCUT2D eigenvalue weighted by molar-refractivity contribution is -0.274. The smallest absolute Gasteiger partial charge is 0.405 e. The molecule has 0 spiro atoms. The first-order chi connectivity index (χ1) is 13.3. The molecule has 0 saturated carbocycles. The van der Waals surface area contributed by atoms with Crippen molar-refractivity contribution < 1.29 is 22.7 Å². The second kappa shape index (κ2) is 8.98. The van der Waals surface area contributed by atoms with Gasteiger partial charge in [-0.05, 0) is 46.3 Å². The van der Waals surface area contributed by atoms with Gasteiger partial charge in [-0.3, -0.25) is 4.79 Å². The number of para-hydroxylation sites is 1. The molecule has 12 heteroatoms. The van der Waals surface area contributed by atoms with Crippen molar-refractivity contribution in [3.8, 4) is 17.0 Å². The Hall–Kier alpha value is -1.36. The molecule has 0 radical (unpaired) electrons. The lowest BCUT2D eigenvalue weighted by Crippen LogP contribution is -2.25. The molecule has 3 rings (SSSR count). The summed E-state index contributed by atoms with van der Waals surface area (Å²) in [5.41, 5.74) is 2.12. The summed E-state index contributed by atoms with van der Waals surface area (Å²) < 4.78 is 43.9. The Morgan fingerprint density at radius 3 is 2.75 bits per heavy atom. The molecule has 1 N–H and O–H groups in total. The van der Waals surface area contributed by atoms with E-state index < -0.39 is 18.0 Å². The van der Waals surface area contributed by atoms with E-state index in [1.807, 2.05) is 17.5 Å². The van der Waals surface area contributed by atoms with Crippen LogP contribution in [0.3, 0.4) is 0 Å². The number of nitrogens with one attached hydrogen (secondary N) is 1. The van der Waals surface area contributed by atoms with Gasteiger partial charge < -0.3 is 10.1 Å². The van der Waals surface area contributed by atoms with Crippen LogP contribution in [0.4, 0.5) is 13.2 Å². The normalized spacial score (nSPS) is 11.9. The van der Waals surface area contributed by atoms with Crippen molar-refractivity contribution in [3.05, 3.63) is 57.4 Å². The van der Waals surface area contributed by atoms with Crippen molar-refractivity contribution in [2.24, 2.45) is 0 Å². The number of aromatic nitrogens is 2. The van der Waals surface area contributed by atoms with E-state index in [0.29, 0.717) is 16.4 Å². The van der Waals surface area contributed by atoms with Crippen LogP contribution < -0.4 is 10.1 Å². The fourth-order valence-electron chi connectivity index (χ4n) is 2.36. The van der Waals surface area contributed by atoms with Gasteiger partial charge in [0.15, 0.2) is 0 Å². The molecule has 28 heavy (non-hydrogen) atoms. The number of ether oxygens (including phenoxy) is 1. The second-order valence-corrected chi connectivity index (χ2v) is 8.97. The van der Waals surface area contributed by atoms with Gasteiger partial charge in [0.1, 0.15) is 5.75 Å². The topological polar surface area (TPSA) is 56.2 Å². The van der Waals surface area contributed by atoms with E-state index in [1.54, 1.807) is 4.45 Å². The predicted octanol–water partition coefficient (Wildman–Crippen LogP) is 5.89. The van der Waals surface area contributed by atoms with Gasteiger partial charge in [-0.2, -0.15) is 5.10 Å². The maximum Gasteiger partial charge on any atom is 0.573 e. The van der Waals surface area contributed by atoms with Crippen LogP contribution in [0.25, 0.3) is 11.3 Å². The molecule has 0 aliphatic rings. The van der Waals surface area contributed by atoms with E-state index >= 15 is 0 Å². The number of amides is 1. The van der Waals surface area contributed by atoms with E-state index in [2.05, 4.69) is 37.2 Å². The first kappa shape index (κ1) is 21.4. The third-order valence-electron chi connectivity index (χ3n) is 3.49. The van der Waals surface area contributed by atoms with Gasteiger partial charge in [0.2, 0.25) is 0 Å². The third-order valence-corrected chi connectivity index (χ3v) is 6.45. The maximum atomic E-state index is 12.5. The number of nitrogens with zero attached hydrogens (tertiary/aromatic N) is 2. The number of alkyl halides is 3. The van der Waals surface area contributed by atoms with Crippen molar-refractivity contribution in [2.75, 3.05) is 0 Å². The number of carbonyl (C=O) groups excluding carboxylic acids is 1. The third kappa shape index (κ3) is 5.37. The van der Waals surface area contributed by atoms with Gasteiger partial charge in [0, 0.05) is 10.9 Å². The number of hydrogen-bond acceptors (Lipinski definition) is 4. The lowest BCUT2D eigenvalue weighted by Gasteiger charge is -2.12. The predicted molar refractivity (Wildman–Crippen MR) is 113 cm³/mol. The number of halogens is 5. The summed E-state index contributed by atoms with van der Waals surface area (Å²) >= 11 is 9.56. The minimum Gasteiger partial charge on any atom is -0.405 e. The fraction of sp³-hybridized carbons (Fsp3) is 0.125. The van der Waals surface area contributed by atoms with Crippen LogP contribution in [0.1, 0.15) is 16.1 Å². The summed E-state index contributed by atoms with van der Waals surface area (Å²) in [6.45, 7) is 0.0537. The van der Waals surface area contributed by atoms with Crippen LogP contribution >= 0.6 is 51.4 Å². The van der Waals surface area contributed by atoms with Crippen molar-refractivity contribution in [1.29, 1.82) is 0 Å². The first-order valence-corrected chi connectivity index (χ1v) is 12.9.